The van der Waals surface area contributed by atoms with Crippen LogP contribution in [-0.4, -0.2) is 16.0 Å². The molecule has 1 aromatic rings. The molecule has 1 aliphatic rings. The van der Waals surface area contributed by atoms with Gasteiger partial charge in [-0.1, -0.05) is 19.1 Å². The first-order chi connectivity index (χ1) is 8.85. The smallest absolute Gasteiger partial charge is 0.0872 e. The van der Waals surface area contributed by atoms with Crippen LogP contribution in [0.15, 0.2) is 34.2 Å². The fraction of sp³-hybridized carbons (Fsp3) is 0.429. The topological polar surface area (TPSA) is 36.1 Å². The van der Waals surface area contributed by atoms with Crippen LogP contribution in [0.2, 0.25) is 0 Å². The van der Waals surface area contributed by atoms with Crippen molar-refractivity contribution in [1.29, 1.82) is 5.26 Å². The summed E-state index contributed by atoms with van der Waals surface area (Å²) < 4.78 is 0. The standard InChI is InChI=1S/C14H16N2S2/c1-2-12-14(17-10-6-5-9-15)16-11-7-3-4-8-13(11)18-12/h3-4,7-8,12H,2,5-6,10H2,1H3. The number of unbranched alkanes of at least 4 members (excludes halogenated alkanes) is 1. The van der Waals surface area contributed by atoms with Crippen molar-refractivity contribution < 1.29 is 0 Å². The number of nitriles is 1. The Kier molecular flexibility index (Phi) is 5.15. The van der Waals surface area contributed by atoms with E-state index in [1.54, 1.807) is 0 Å². The molecule has 0 saturated carbocycles. The molecule has 0 amide bonds. The van der Waals surface area contributed by atoms with Crippen molar-refractivity contribution >= 4 is 34.3 Å². The van der Waals surface area contributed by atoms with Gasteiger partial charge in [-0.25, -0.2) is 4.99 Å². The lowest BCUT2D eigenvalue weighted by atomic mass is 10.3. The van der Waals surface area contributed by atoms with Crippen LogP contribution in [0.1, 0.15) is 26.2 Å². The maximum Gasteiger partial charge on any atom is 0.0872 e. The Morgan fingerprint density at radius 3 is 3.06 bits per heavy atom. The lowest BCUT2D eigenvalue weighted by Gasteiger charge is -2.22. The number of para-hydroxylation sites is 1. The van der Waals surface area contributed by atoms with Gasteiger partial charge in [-0.15, -0.1) is 23.5 Å². The molecule has 1 heterocycles. The minimum Gasteiger partial charge on any atom is -0.244 e. The molecule has 1 aliphatic heterocycles. The normalized spacial score (nSPS) is 17.8. The SMILES string of the molecule is CCC1Sc2ccccc2N=C1SCCCC#N. The summed E-state index contributed by atoms with van der Waals surface area (Å²) in [6, 6.07) is 10.5. The van der Waals surface area contributed by atoms with Gasteiger partial charge in [0.1, 0.15) is 0 Å². The summed E-state index contributed by atoms with van der Waals surface area (Å²) in [5.41, 5.74) is 1.09. The van der Waals surface area contributed by atoms with Crippen molar-refractivity contribution in [3.05, 3.63) is 24.3 Å². The molecular weight excluding hydrogens is 260 g/mol. The van der Waals surface area contributed by atoms with Crippen molar-refractivity contribution in [3.63, 3.8) is 0 Å². The Morgan fingerprint density at radius 2 is 2.28 bits per heavy atom. The summed E-state index contributed by atoms with van der Waals surface area (Å²) in [4.78, 5) is 6.05. The monoisotopic (exact) mass is 276 g/mol. The highest BCUT2D eigenvalue weighted by atomic mass is 32.2. The van der Waals surface area contributed by atoms with Gasteiger partial charge in [0.05, 0.1) is 22.1 Å². The maximum absolute atomic E-state index is 8.54. The average Bonchev–Trinajstić information content (AvgIpc) is 2.42. The molecule has 94 valence electrons. The maximum atomic E-state index is 8.54. The van der Waals surface area contributed by atoms with Gasteiger partial charge in [-0.3, -0.25) is 0 Å². The lowest BCUT2D eigenvalue weighted by molar-refractivity contribution is 0.981. The van der Waals surface area contributed by atoms with E-state index < -0.39 is 0 Å². The van der Waals surface area contributed by atoms with Crippen LogP contribution in [0.3, 0.4) is 0 Å². The number of benzene rings is 1. The highest BCUT2D eigenvalue weighted by Crippen LogP contribution is 2.41. The Labute approximate surface area is 117 Å². The molecule has 0 aromatic heterocycles. The molecule has 4 heteroatoms. The van der Waals surface area contributed by atoms with Gasteiger partial charge < -0.3 is 0 Å². The molecule has 1 unspecified atom stereocenters. The number of fused-ring (bicyclic) bond motifs is 1. The van der Waals surface area contributed by atoms with E-state index in [1.807, 2.05) is 29.6 Å². The van der Waals surface area contributed by atoms with E-state index in [4.69, 9.17) is 10.3 Å². The predicted octanol–water partition coefficient (Wildman–Crippen LogP) is 4.64. The summed E-state index contributed by atoms with van der Waals surface area (Å²) >= 11 is 3.72. The number of thioether (sulfide) groups is 2. The highest BCUT2D eigenvalue weighted by molar-refractivity contribution is 8.16. The summed E-state index contributed by atoms with van der Waals surface area (Å²) in [7, 11) is 0. The first kappa shape index (κ1) is 13.5. The van der Waals surface area contributed by atoms with Crippen molar-refractivity contribution in [2.24, 2.45) is 4.99 Å². The highest BCUT2D eigenvalue weighted by Gasteiger charge is 2.22. The Balaban J connectivity index is 2.07. The molecule has 2 nitrogen and oxygen atoms in total. The van der Waals surface area contributed by atoms with Crippen LogP contribution in [-0.2, 0) is 0 Å². The molecule has 18 heavy (non-hydrogen) atoms. The van der Waals surface area contributed by atoms with Crippen LogP contribution < -0.4 is 0 Å². The van der Waals surface area contributed by atoms with E-state index in [1.165, 1.54) is 9.94 Å². The average molecular weight is 276 g/mol. The minimum atomic E-state index is 0.479. The molecule has 0 N–H and O–H groups in total. The fourth-order valence-electron chi connectivity index (χ4n) is 1.75. The van der Waals surface area contributed by atoms with E-state index >= 15 is 0 Å². The minimum absolute atomic E-state index is 0.479. The molecule has 0 bridgehead atoms. The van der Waals surface area contributed by atoms with Crippen LogP contribution in [0.4, 0.5) is 5.69 Å². The summed E-state index contributed by atoms with van der Waals surface area (Å²) in [5, 5.41) is 10.2. The van der Waals surface area contributed by atoms with Gasteiger partial charge in [-0.2, -0.15) is 5.26 Å². The number of rotatable bonds is 4. The molecule has 0 spiro atoms. The summed E-state index contributed by atoms with van der Waals surface area (Å²) in [6.07, 6.45) is 2.69. The van der Waals surface area contributed by atoms with Gasteiger partial charge >= 0.3 is 0 Å². The second kappa shape index (κ2) is 6.86. The second-order valence-corrected chi connectivity index (χ2v) is 6.40. The van der Waals surface area contributed by atoms with E-state index in [-0.39, 0.29) is 0 Å². The predicted molar refractivity (Wildman–Crippen MR) is 80.8 cm³/mol. The van der Waals surface area contributed by atoms with Crippen LogP contribution in [0, 0.1) is 11.3 Å². The number of nitrogens with zero attached hydrogens (tertiary/aromatic N) is 2. The first-order valence-corrected chi connectivity index (χ1v) is 8.05. The van der Waals surface area contributed by atoms with Gasteiger partial charge in [0.25, 0.3) is 0 Å². The zero-order chi connectivity index (χ0) is 12.8. The zero-order valence-corrected chi connectivity index (χ0v) is 12.1. The Bertz CT molecular complexity index is 477. The molecule has 1 aromatic carbocycles. The van der Waals surface area contributed by atoms with Crippen molar-refractivity contribution in [1.82, 2.24) is 0 Å². The van der Waals surface area contributed by atoms with Gasteiger partial charge in [-0.05, 0) is 25.0 Å². The van der Waals surface area contributed by atoms with Crippen molar-refractivity contribution in [2.45, 2.75) is 36.3 Å². The molecule has 2 rings (SSSR count). The molecule has 0 fully saturated rings. The van der Waals surface area contributed by atoms with Gasteiger partial charge in [0, 0.05) is 17.1 Å². The quantitative estimate of drug-likeness (QED) is 0.752. The molecule has 0 saturated heterocycles. The van der Waals surface area contributed by atoms with Crippen molar-refractivity contribution in [3.8, 4) is 6.07 Å². The number of hydrogen-bond acceptors (Lipinski definition) is 4. The molecule has 0 radical (unpaired) electrons. The van der Waals surface area contributed by atoms with Crippen LogP contribution >= 0.6 is 23.5 Å². The van der Waals surface area contributed by atoms with Crippen LogP contribution in [0.25, 0.3) is 0 Å². The van der Waals surface area contributed by atoms with E-state index in [2.05, 4.69) is 31.2 Å². The largest absolute Gasteiger partial charge is 0.244 e. The number of hydrogen-bond donors (Lipinski definition) is 0. The van der Waals surface area contributed by atoms with Crippen LogP contribution in [0.5, 0.6) is 0 Å². The Hall–Kier alpha value is -0.920. The van der Waals surface area contributed by atoms with Crippen molar-refractivity contribution in [2.75, 3.05) is 5.75 Å². The Morgan fingerprint density at radius 1 is 1.44 bits per heavy atom. The lowest BCUT2D eigenvalue weighted by Crippen LogP contribution is -2.16. The third kappa shape index (κ3) is 3.30. The van der Waals surface area contributed by atoms with E-state index in [0.717, 1.165) is 24.3 Å². The zero-order valence-electron chi connectivity index (χ0n) is 10.4. The second-order valence-electron chi connectivity index (χ2n) is 4.04. The first-order valence-electron chi connectivity index (χ1n) is 6.19. The third-order valence-corrected chi connectivity index (χ3v) is 5.45. The molecule has 1 atom stereocenters. The summed E-state index contributed by atoms with van der Waals surface area (Å²) in [5.74, 6) is 0.992. The molecular formula is C14H16N2S2. The number of aliphatic imine (C=N–C) groups is 1. The third-order valence-electron chi connectivity index (χ3n) is 2.69. The fourth-order valence-corrected chi connectivity index (χ4v) is 4.13. The van der Waals surface area contributed by atoms with E-state index in [9.17, 15) is 0 Å². The molecule has 0 aliphatic carbocycles. The van der Waals surface area contributed by atoms with Gasteiger partial charge in [0.2, 0.25) is 0 Å². The van der Waals surface area contributed by atoms with E-state index in [0.29, 0.717) is 11.7 Å². The van der Waals surface area contributed by atoms with Gasteiger partial charge in [0.15, 0.2) is 0 Å². The summed E-state index contributed by atoms with van der Waals surface area (Å²) in [6.45, 7) is 2.21.